The van der Waals surface area contributed by atoms with E-state index in [1.807, 2.05) is 0 Å². The summed E-state index contributed by atoms with van der Waals surface area (Å²) in [6.07, 6.45) is -27.2. The fraction of sp³-hybridized carbons (Fsp3) is 0.333. The number of nitrogens with two attached hydrogens (primary N) is 2. The van der Waals surface area contributed by atoms with Crippen LogP contribution in [0.25, 0.3) is 0 Å². The molecule has 4 N–H and O–H groups in total. The van der Waals surface area contributed by atoms with Crippen LogP contribution in [0.15, 0.2) is 52.9 Å². The molecule has 4 atom stereocenters. The summed E-state index contributed by atoms with van der Waals surface area (Å²) in [5, 5.41) is 0. The molecule has 0 bridgehead atoms. The Morgan fingerprint density at radius 1 is 0.619 bits per heavy atom. The lowest BCUT2D eigenvalue weighted by atomic mass is 9.92. The lowest BCUT2D eigenvalue weighted by Gasteiger charge is -2.32. The van der Waals surface area contributed by atoms with Gasteiger partial charge in [0.15, 0.2) is 29.0 Å². The molecule has 0 aliphatic heterocycles. The second kappa shape index (κ2) is 9.89. The van der Waals surface area contributed by atoms with Gasteiger partial charge in [0, 0.05) is 12.2 Å². The Morgan fingerprint density at radius 3 is 1.31 bits per heavy atom. The van der Waals surface area contributed by atoms with Gasteiger partial charge in [-0.3, -0.25) is 0 Å². The van der Waals surface area contributed by atoms with Crippen LogP contribution < -0.4 is 20.9 Å². The molecule has 234 valence electrons. The minimum absolute atomic E-state index is 0.789. The molecule has 2 aliphatic rings. The average Bonchev–Trinajstić information content (AvgIpc) is 2.82. The van der Waals surface area contributed by atoms with Crippen LogP contribution in [-0.2, 0) is 6.18 Å². The van der Waals surface area contributed by atoms with Gasteiger partial charge in [0.05, 0.1) is 11.4 Å². The average molecular weight is 644 g/mol. The molecule has 0 saturated heterocycles. The quantitative estimate of drug-likeness (QED) is 0.346. The number of hydrogen-bond donors (Lipinski definition) is 2. The predicted octanol–water partition coefficient (Wildman–Crippen LogP) is 7.03. The zero-order valence-corrected chi connectivity index (χ0v) is 19.3. The second-order valence-electron chi connectivity index (χ2n) is 8.37. The third kappa shape index (κ3) is 5.05. The molecule has 4 nitrogen and oxygen atoms in total. The van der Waals surface area contributed by atoms with E-state index in [1.54, 1.807) is 0 Å². The summed E-state index contributed by atoms with van der Waals surface area (Å²) >= 11 is 0. The van der Waals surface area contributed by atoms with E-state index in [1.165, 1.54) is 0 Å². The first-order chi connectivity index (χ1) is 18.8. The van der Waals surface area contributed by atoms with Gasteiger partial charge < -0.3 is 20.9 Å². The van der Waals surface area contributed by atoms with E-state index >= 15 is 4.39 Å². The summed E-state index contributed by atoms with van der Waals surface area (Å²) in [5.74, 6) is -21.1. The van der Waals surface area contributed by atoms with E-state index < -0.39 is 124 Å². The molecule has 21 heteroatoms. The van der Waals surface area contributed by atoms with Gasteiger partial charge in [0.1, 0.15) is 17.2 Å². The van der Waals surface area contributed by atoms with Gasteiger partial charge >= 0.3 is 18.5 Å². The molecular formula is C21H9F17N2O2. The Hall–Kier alpha value is -3.81. The zero-order chi connectivity index (χ0) is 32.5. The Kier molecular flexibility index (Phi) is 7.70. The normalized spacial score (nSPS) is 27.6. The van der Waals surface area contributed by atoms with Crippen molar-refractivity contribution in [1.82, 2.24) is 0 Å². The van der Waals surface area contributed by atoms with Crippen molar-refractivity contribution in [1.29, 1.82) is 0 Å². The molecule has 0 radical (unpaired) electrons. The highest BCUT2D eigenvalue weighted by atomic mass is 19.4. The first kappa shape index (κ1) is 32.7. The largest absolute Gasteiger partial charge is 0.472 e. The fourth-order valence-electron chi connectivity index (χ4n) is 3.50. The first-order valence-corrected chi connectivity index (χ1v) is 10.3. The van der Waals surface area contributed by atoms with Gasteiger partial charge in [-0.05, 0) is 6.07 Å². The van der Waals surface area contributed by atoms with Crippen LogP contribution in [0.1, 0.15) is 5.56 Å². The van der Waals surface area contributed by atoms with Crippen molar-refractivity contribution in [2.45, 2.75) is 42.1 Å². The number of allylic oxidation sites excluding steroid dienone is 2. The van der Waals surface area contributed by atoms with Gasteiger partial charge in [-0.1, -0.05) is 0 Å². The third-order valence-electron chi connectivity index (χ3n) is 5.67. The maximum atomic E-state index is 15.1. The minimum Gasteiger partial charge on any atom is -0.472 e. The maximum Gasteiger partial charge on any atom is 0.432 e. The van der Waals surface area contributed by atoms with Crippen LogP contribution in [0.5, 0.6) is 11.5 Å². The summed E-state index contributed by atoms with van der Waals surface area (Å²) < 4.78 is 242. The fourth-order valence-corrected chi connectivity index (χ4v) is 3.50. The molecule has 0 amide bonds. The molecule has 0 spiro atoms. The molecule has 2 aliphatic carbocycles. The summed E-state index contributed by atoms with van der Waals surface area (Å²) in [7, 11) is 0. The van der Waals surface area contributed by atoms with Gasteiger partial charge in [-0.25, -0.2) is 30.7 Å². The van der Waals surface area contributed by atoms with Crippen LogP contribution >= 0.6 is 0 Å². The van der Waals surface area contributed by atoms with E-state index in [0.29, 0.717) is 0 Å². The van der Waals surface area contributed by atoms with Crippen LogP contribution in [-0.4, -0.2) is 35.9 Å². The monoisotopic (exact) mass is 644 g/mol. The van der Waals surface area contributed by atoms with E-state index in [-0.39, 0.29) is 0 Å². The third-order valence-corrected chi connectivity index (χ3v) is 5.67. The Labute approximate surface area is 220 Å². The lowest BCUT2D eigenvalue weighted by Crippen LogP contribution is -2.48. The lowest BCUT2D eigenvalue weighted by molar-refractivity contribution is -0.201. The van der Waals surface area contributed by atoms with Gasteiger partial charge in [-0.2, -0.15) is 43.9 Å². The highest BCUT2D eigenvalue weighted by molar-refractivity contribution is 5.49. The SMILES string of the molecule is NC1=C(F)C(Oc2c(F)cc(C(F)(F)F)c(OC3C(F)=CC(F)(C(F)(F)F)C(N)=C3F)c2F)C(F)=CC1(F)C(F)(F)F. The molecular weight excluding hydrogens is 635 g/mol. The summed E-state index contributed by atoms with van der Waals surface area (Å²) in [6.45, 7) is 0. The highest BCUT2D eigenvalue weighted by Gasteiger charge is 2.62. The number of hydrogen-bond acceptors (Lipinski definition) is 4. The number of halogens is 17. The first-order valence-electron chi connectivity index (χ1n) is 10.3. The number of rotatable bonds is 4. The van der Waals surface area contributed by atoms with Crippen molar-refractivity contribution >= 4 is 0 Å². The highest BCUT2D eigenvalue weighted by Crippen LogP contribution is 2.50. The predicted molar refractivity (Wildman–Crippen MR) is 103 cm³/mol. The van der Waals surface area contributed by atoms with Crippen LogP contribution in [0, 0.1) is 11.6 Å². The van der Waals surface area contributed by atoms with E-state index in [2.05, 4.69) is 15.2 Å². The van der Waals surface area contributed by atoms with E-state index in [0.717, 1.165) is 0 Å². The standard InChI is InChI=1S/C21H9F17N2O2/c22-5-1-4(19(30,31)32)11(41-13-6(23)2-17(28,20(33,34)35)15(39)9(13)26)8(25)12(5)42-14-7(24)3-18(29,21(36,37)38)16(40)10(14)27/h1-3,13-14H,39-40H2. The van der Waals surface area contributed by atoms with Crippen LogP contribution in [0.3, 0.4) is 0 Å². The van der Waals surface area contributed by atoms with Gasteiger partial charge in [0.2, 0.25) is 18.0 Å². The molecule has 0 fully saturated rings. The molecule has 3 rings (SSSR count). The van der Waals surface area contributed by atoms with Crippen molar-refractivity contribution in [2.24, 2.45) is 11.5 Å². The topological polar surface area (TPSA) is 70.5 Å². The van der Waals surface area contributed by atoms with Gasteiger partial charge in [-0.15, -0.1) is 0 Å². The molecule has 4 unspecified atom stereocenters. The van der Waals surface area contributed by atoms with E-state index in [9.17, 15) is 70.2 Å². The summed E-state index contributed by atoms with van der Waals surface area (Å²) in [4.78, 5) is 0. The zero-order valence-electron chi connectivity index (χ0n) is 19.3. The summed E-state index contributed by atoms with van der Waals surface area (Å²) in [6, 6.07) is -0.789. The number of benzene rings is 1. The van der Waals surface area contributed by atoms with Crippen molar-refractivity contribution in [3.8, 4) is 11.5 Å². The van der Waals surface area contributed by atoms with Crippen molar-refractivity contribution in [3.05, 3.63) is 70.1 Å². The number of alkyl halides is 11. The van der Waals surface area contributed by atoms with Crippen molar-refractivity contribution < 1.29 is 84.1 Å². The molecule has 1 aromatic rings. The Bertz CT molecular complexity index is 1420. The molecule has 0 saturated carbocycles. The Balaban J connectivity index is 2.16. The second-order valence-corrected chi connectivity index (χ2v) is 8.37. The van der Waals surface area contributed by atoms with Crippen molar-refractivity contribution in [3.63, 3.8) is 0 Å². The number of ether oxygens (including phenoxy) is 2. The molecule has 1 aromatic carbocycles. The van der Waals surface area contributed by atoms with Crippen molar-refractivity contribution in [2.75, 3.05) is 0 Å². The van der Waals surface area contributed by atoms with Gasteiger partial charge in [0.25, 0.3) is 11.3 Å². The molecule has 0 aromatic heterocycles. The smallest absolute Gasteiger partial charge is 0.432 e. The van der Waals surface area contributed by atoms with Crippen LogP contribution in [0.2, 0.25) is 0 Å². The minimum atomic E-state index is -6.14. The van der Waals surface area contributed by atoms with E-state index in [4.69, 9.17) is 5.73 Å². The summed E-state index contributed by atoms with van der Waals surface area (Å²) in [5.41, 5.74) is -8.31. The maximum absolute atomic E-state index is 15.1. The van der Waals surface area contributed by atoms with Crippen LogP contribution in [0.4, 0.5) is 74.6 Å². The molecule has 0 heterocycles. The Morgan fingerprint density at radius 2 is 0.976 bits per heavy atom. The molecule has 42 heavy (non-hydrogen) atoms.